The van der Waals surface area contributed by atoms with Crippen LogP contribution >= 0.6 is 11.6 Å². The van der Waals surface area contributed by atoms with E-state index in [1.807, 2.05) is 67.3 Å². The normalized spacial score (nSPS) is 13.8. The molecular formula is C26H24ClN3O2. The van der Waals surface area contributed by atoms with Crippen LogP contribution in [0.2, 0.25) is 5.02 Å². The van der Waals surface area contributed by atoms with Gasteiger partial charge in [-0.25, -0.2) is 4.90 Å². The van der Waals surface area contributed by atoms with Crippen LogP contribution < -0.4 is 4.90 Å². The Hall–Kier alpha value is -3.44. The zero-order valence-corrected chi connectivity index (χ0v) is 18.8. The highest BCUT2D eigenvalue weighted by molar-refractivity contribution is 6.45. The lowest BCUT2D eigenvalue weighted by Crippen LogP contribution is -2.36. The number of hydrogen-bond donors (Lipinski definition) is 0. The molecule has 2 heterocycles. The molecule has 2 aromatic carbocycles. The van der Waals surface area contributed by atoms with Crippen LogP contribution in [0, 0.1) is 6.92 Å². The third-order valence-corrected chi connectivity index (χ3v) is 5.89. The lowest BCUT2D eigenvalue weighted by Gasteiger charge is -2.25. The maximum atomic E-state index is 13.7. The number of carbonyl (C=O) groups is 2. The molecule has 0 saturated heterocycles. The first kappa shape index (κ1) is 21.8. The second-order valence-corrected chi connectivity index (χ2v) is 8.09. The van der Waals surface area contributed by atoms with Gasteiger partial charge in [-0.1, -0.05) is 48.0 Å². The van der Waals surface area contributed by atoms with E-state index in [-0.39, 0.29) is 11.8 Å². The van der Waals surface area contributed by atoms with Crippen LogP contribution in [0.1, 0.15) is 23.6 Å². The topological polar surface area (TPSA) is 53.5 Å². The zero-order chi connectivity index (χ0) is 22.7. The summed E-state index contributed by atoms with van der Waals surface area (Å²) in [5.41, 5.74) is 4.03. The van der Waals surface area contributed by atoms with E-state index in [4.69, 9.17) is 11.6 Å². The molecule has 2 amide bonds. The number of anilines is 1. The lowest BCUT2D eigenvalue weighted by atomic mass is 10.0. The van der Waals surface area contributed by atoms with Gasteiger partial charge in [-0.2, -0.15) is 0 Å². The van der Waals surface area contributed by atoms with E-state index >= 15 is 0 Å². The van der Waals surface area contributed by atoms with Gasteiger partial charge in [0.15, 0.2) is 0 Å². The molecule has 4 rings (SSSR count). The number of aromatic nitrogens is 1. The Morgan fingerprint density at radius 1 is 0.969 bits per heavy atom. The van der Waals surface area contributed by atoms with Crippen LogP contribution in [0.4, 0.5) is 5.69 Å². The van der Waals surface area contributed by atoms with Gasteiger partial charge in [-0.15, -0.1) is 0 Å². The van der Waals surface area contributed by atoms with Gasteiger partial charge in [0.05, 0.1) is 11.3 Å². The zero-order valence-electron chi connectivity index (χ0n) is 18.1. The first-order valence-electron chi connectivity index (χ1n) is 10.6. The highest BCUT2D eigenvalue weighted by Gasteiger charge is 2.42. The number of pyridine rings is 1. The average Bonchev–Trinajstić information content (AvgIpc) is 3.07. The molecular weight excluding hydrogens is 422 g/mol. The maximum Gasteiger partial charge on any atom is 0.282 e. The molecule has 162 valence electrons. The van der Waals surface area contributed by atoms with Crippen molar-refractivity contribution in [3.8, 4) is 0 Å². The van der Waals surface area contributed by atoms with Crippen molar-refractivity contribution in [1.82, 2.24) is 9.88 Å². The highest BCUT2D eigenvalue weighted by Crippen LogP contribution is 2.37. The number of nitrogens with zero attached hydrogens (tertiary/aromatic N) is 3. The minimum atomic E-state index is -0.330. The second-order valence-electron chi connectivity index (χ2n) is 7.65. The van der Waals surface area contributed by atoms with Crippen LogP contribution in [0.5, 0.6) is 0 Å². The van der Waals surface area contributed by atoms with Gasteiger partial charge in [0.1, 0.15) is 5.70 Å². The molecule has 0 radical (unpaired) electrons. The second kappa shape index (κ2) is 9.37. The fourth-order valence-electron chi connectivity index (χ4n) is 3.96. The summed E-state index contributed by atoms with van der Waals surface area (Å²) >= 11 is 6.21. The molecule has 0 saturated carbocycles. The Kier molecular flexibility index (Phi) is 6.37. The minimum Gasteiger partial charge on any atom is -0.366 e. The smallest absolute Gasteiger partial charge is 0.282 e. The fourth-order valence-corrected chi connectivity index (χ4v) is 4.13. The van der Waals surface area contributed by atoms with Gasteiger partial charge < -0.3 is 4.90 Å². The highest BCUT2D eigenvalue weighted by atomic mass is 35.5. The van der Waals surface area contributed by atoms with Crippen molar-refractivity contribution in [2.75, 3.05) is 18.0 Å². The van der Waals surface area contributed by atoms with Crippen molar-refractivity contribution in [1.29, 1.82) is 0 Å². The molecule has 0 N–H and O–H groups in total. The van der Waals surface area contributed by atoms with Crippen molar-refractivity contribution in [3.05, 3.63) is 100 Å². The monoisotopic (exact) mass is 445 g/mol. The molecule has 0 fully saturated rings. The number of amides is 2. The Morgan fingerprint density at radius 2 is 1.69 bits per heavy atom. The van der Waals surface area contributed by atoms with Gasteiger partial charge in [0.25, 0.3) is 11.8 Å². The molecule has 3 aromatic rings. The fraction of sp³-hybridized carbons (Fsp3) is 0.192. The van der Waals surface area contributed by atoms with E-state index in [0.29, 0.717) is 35.1 Å². The molecule has 1 aliphatic rings. The summed E-state index contributed by atoms with van der Waals surface area (Å²) in [5, 5.41) is 0.478. The molecule has 5 nitrogen and oxygen atoms in total. The third kappa shape index (κ3) is 4.16. The van der Waals surface area contributed by atoms with E-state index in [1.54, 1.807) is 24.5 Å². The van der Waals surface area contributed by atoms with Crippen molar-refractivity contribution in [2.45, 2.75) is 20.3 Å². The molecule has 32 heavy (non-hydrogen) atoms. The third-order valence-electron chi connectivity index (χ3n) is 5.65. The summed E-state index contributed by atoms with van der Waals surface area (Å²) in [6.45, 7) is 5.06. The van der Waals surface area contributed by atoms with Crippen molar-refractivity contribution in [2.24, 2.45) is 0 Å². The number of aryl methyl sites for hydroxylation is 1. The van der Waals surface area contributed by atoms with Gasteiger partial charge in [0, 0.05) is 30.5 Å². The number of halogens is 1. The number of imide groups is 1. The van der Waals surface area contributed by atoms with Gasteiger partial charge in [0.2, 0.25) is 0 Å². The van der Waals surface area contributed by atoms with Crippen molar-refractivity contribution in [3.63, 3.8) is 0 Å². The summed E-state index contributed by atoms with van der Waals surface area (Å²) in [5.74, 6) is -0.653. The van der Waals surface area contributed by atoms with Gasteiger partial charge >= 0.3 is 0 Å². The van der Waals surface area contributed by atoms with E-state index in [2.05, 4.69) is 4.98 Å². The average molecular weight is 446 g/mol. The molecule has 0 unspecified atom stereocenters. The summed E-state index contributed by atoms with van der Waals surface area (Å²) in [6.07, 6.45) is 4.25. The predicted octanol–water partition coefficient (Wildman–Crippen LogP) is 4.89. The van der Waals surface area contributed by atoms with Crippen LogP contribution in [-0.4, -0.2) is 34.8 Å². The SMILES string of the molecule is CCN(CCc1ccncc1)C1=C(c2ccccc2)C(=O)N(c2cc(Cl)ccc2C)C1=O. The minimum absolute atomic E-state index is 0.323. The first-order chi connectivity index (χ1) is 15.5. The number of hydrogen-bond acceptors (Lipinski definition) is 4. The van der Waals surface area contributed by atoms with Crippen LogP contribution in [0.25, 0.3) is 5.57 Å². The van der Waals surface area contributed by atoms with Gasteiger partial charge in [-0.05, 0) is 61.2 Å². The Balaban J connectivity index is 1.77. The number of carbonyl (C=O) groups excluding carboxylic acids is 2. The number of rotatable bonds is 7. The van der Waals surface area contributed by atoms with Crippen molar-refractivity contribution < 1.29 is 9.59 Å². The maximum absolute atomic E-state index is 13.7. The number of likely N-dealkylation sites (N-methyl/N-ethyl adjacent to an activating group) is 1. The molecule has 0 spiro atoms. The summed E-state index contributed by atoms with van der Waals surface area (Å²) < 4.78 is 0. The summed E-state index contributed by atoms with van der Waals surface area (Å²) in [7, 11) is 0. The number of benzene rings is 2. The Labute approximate surface area is 193 Å². The predicted molar refractivity (Wildman–Crippen MR) is 127 cm³/mol. The van der Waals surface area contributed by atoms with E-state index in [1.165, 1.54) is 4.90 Å². The Bertz CT molecular complexity index is 1180. The van der Waals surface area contributed by atoms with Gasteiger partial charge in [-0.3, -0.25) is 14.6 Å². The van der Waals surface area contributed by atoms with E-state index in [0.717, 1.165) is 23.1 Å². The van der Waals surface area contributed by atoms with E-state index < -0.39 is 0 Å². The largest absolute Gasteiger partial charge is 0.366 e. The molecule has 0 atom stereocenters. The molecule has 6 heteroatoms. The molecule has 0 bridgehead atoms. The molecule has 1 aromatic heterocycles. The summed E-state index contributed by atoms with van der Waals surface area (Å²) in [4.78, 5) is 34.7. The lowest BCUT2D eigenvalue weighted by molar-refractivity contribution is -0.120. The standard InChI is InChI=1S/C26H24ClN3O2/c1-3-29(16-13-19-11-14-28-15-12-19)24-23(20-7-5-4-6-8-20)25(31)30(26(24)32)22-17-21(27)10-9-18(22)2/h4-12,14-15,17H,3,13,16H2,1-2H3. The first-order valence-corrected chi connectivity index (χ1v) is 11.0. The van der Waals surface area contributed by atoms with Crippen LogP contribution in [0.3, 0.4) is 0 Å². The van der Waals surface area contributed by atoms with E-state index in [9.17, 15) is 9.59 Å². The van der Waals surface area contributed by atoms with Crippen molar-refractivity contribution >= 4 is 34.7 Å². The van der Waals surface area contributed by atoms with Crippen LogP contribution in [-0.2, 0) is 16.0 Å². The van der Waals surface area contributed by atoms with Crippen LogP contribution in [0.15, 0.2) is 78.8 Å². The molecule has 1 aliphatic heterocycles. The quantitative estimate of drug-likeness (QED) is 0.486. The summed E-state index contributed by atoms with van der Waals surface area (Å²) in [6, 6.07) is 18.5. The molecule has 0 aliphatic carbocycles. The Morgan fingerprint density at radius 3 is 2.38 bits per heavy atom.